The standard InChI is InChI=1S/C31H41NO2/c1-3-5-7-9-11-25-14-21-30(29(22-25)23-32)34-31(33)28-19-17-27(18-20-28)26-15-12-24(13-16-26)10-8-6-4-2/h12-16,21-22,27-28H,3-11,17-20H2,1-2H3. The Labute approximate surface area is 206 Å². The molecule has 3 heteroatoms. The van der Waals surface area contributed by atoms with Crippen LogP contribution in [0.4, 0.5) is 0 Å². The maximum absolute atomic E-state index is 12.8. The molecule has 34 heavy (non-hydrogen) atoms. The second-order valence-corrected chi connectivity index (χ2v) is 9.92. The molecule has 0 atom stereocenters. The summed E-state index contributed by atoms with van der Waals surface area (Å²) < 4.78 is 5.72. The normalized spacial score (nSPS) is 17.8. The van der Waals surface area contributed by atoms with E-state index in [0.29, 0.717) is 17.2 Å². The van der Waals surface area contributed by atoms with Crippen LogP contribution in [0.1, 0.15) is 113 Å². The van der Waals surface area contributed by atoms with Crippen molar-refractivity contribution in [1.82, 2.24) is 0 Å². The lowest BCUT2D eigenvalue weighted by molar-refractivity contribution is -0.140. The maximum atomic E-state index is 12.8. The van der Waals surface area contributed by atoms with Gasteiger partial charge in [0, 0.05) is 0 Å². The molecule has 0 aromatic heterocycles. The van der Waals surface area contributed by atoms with Crippen molar-refractivity contribution >= 4 is 5.97 Å². The van der Waals surface area contributed by atoms with Crippen molar-refractivity contribution in [2.75, 3.05) is 0 Å². The van der Waals surface area contributed by atoms with Gasteiger partial charge in [-0.15, -0.1) is 0 Å². The van der Waals surface area contributed by atoms with E-state index in [1.165, 1.54) is 49.7 Å². The van der Waals surface area contributed by atoms with E-state index in [4.69, 9.17) is 4.74 Å². The Balaban J connectivity index is 1.49. The van der Waals surface area contributed by atoms with E-state index in [1.807, 2.05) is 12.1 Å². The first-order valence-electron chi connectivity index (χ1n) is 13.5. The molecule has 1 fully saturated rings. The van der Waals surface area contributed by atoms with Gasteiger partial charge in [0.25, 0.3) is 0 Å². The molecule has 0 spiro atoms. The highest BCUT2D eigenvalue weighted by Gasteiger charge is 2.29. The number of unbranched alkanes of at least 4 members (excludes halogenated alkanes) is 5. The fourth-order valence-electron chi connectivity index (χ4n) is 5.05. The van der Waals surface area contributed by atoms with Gasteiger partial charge < -0.3 is 4.74 Å². The summed E-state index contributed by atoms with van der Waals surface area (Å²) >= 11 is 0. The second kappa shape index (κ2) is 14.0. The van der Waals surface area contributed by atoms with Gasteiger partial charge in [0.05, 0.1) is 11.5 Å². The van der Waals surface area contributed by atoms with Crippen molar-refractivity contribution in [3.8, 4) is 11.8 Å². The number of hydrogen-bond donors (Lipinski definition) is 0. The average molecular weight is 460 g/mol. The SMILES string of the molecule is CCCCCCc1ccc(OC(=O)C2CCC(c3ccc(CCCCC)cc3)CC2)c(C#N)c1. The van der Waals surface area contributed by atoms with Gasteiger partial charge in [-0.25, -0.2) is 0 Å². The lowest BCUT2D eigenvalue weighted by Gasteiger charge is -2.27. The number of benzene rings is 2. The van der Waals surface area contributed by atoms with Crippen molar-refractivity contribution in [3.63, 3.8) is 0 Å². The van der Waals surface area contributed by atoms with Crippen molar-refractivity contribution < 1.29 is 9.53 Å². The number of ether oxygens (including phenoxy) is 1. The van der Waals surface area contributed by atoms with Crippen molar-refractivity contribution in [2.24, 2.45) is 5.92 Å². The van der Waals surface area contributed by atoms with Crippen LogP contribution in [0.2, 0.25) is 0 Å². The lowest BCUT2D eigenvalue weighted by atomic mass is 9.78. The Morgan fingerprint density at radius 2 is 1.47 bits per heavy atom. The van der Waals surface area contributed by atoms with Gasteiger partial charge >= 0.3 is 5.97 Å². The van der Waals surface area contributed by atoms with E-state index in [-0.39, 0.29) is 11.9 Å². The quantitative estimate of drug-likeness (QED) is 0.182. The smallest absolute Gasteiger partial charge is 0.314 e. The number of nitrogens with zero attached hydrogens (tertiary/aromatic N) is 1. The third-order valence-electron chi connectivity index (χ3n) is 7.27. The Hall–Kier alpha value is -2.60. The van der Waals surface area contributed by atoms with Crippen molar-refractivity contribution in [1.29, 1.82) is 5.26 Å². The summed E-state index contributed by atoms with van der Waals surface area (Å²) in [6.07, 6.45) is 14.4. The third-order valence-corrected chi connectivity index (χ3v) is 7.27. The van der Waals surface area contributed by atoms with Crippen LogP contribution < -0.4 is 4.74 Å². The van der Waals surface area contributed by atoms with Gasteiger partial charge in [0.15, 0.2) is 0 Å². The zero-order valence-corrected chi connectivity index (χ0v) is 21.2. The topological polar surface area (TPSA) is 50.1 Å². The van der Waals surface area contributed by atoms with Gasteiger partial charge in [-0.05, 0) is 86.1 Å². The molecule has 0 amide bonds. The van der Waals surface area contributed by atoms with Crippen molar-refractivity contribution in [2.45, 2.75) is 103 Å². The number of hydrogen-bond acceptors (Lipinski definition) is 3. The first-order chi connectivity index (χ1) is 16.6. The van der Waals surface area contributed by atoms with E-state index < -0.39 is 0 Å². The molecule has 0 bridgehead atoms. The van der Waals surface area contributed by atoms with Crippen LogP contribution in [0.15, 0.2) is 42.5 Å². The maximum Gasteiger partial charge on any atom is 0.314 e. The zero-order chi connectivity index (χ0) is 24.2. The average Bonchev–Trinajstić information content (AvgIpc) is 2.88. The van der Waals surface area contributed by atoms with Crippen LogP contribution in [-0.2, 0) is 17.6 Å². The molecule has 0 N–H and O–H groups in total. The molecule has 3 nitrogen and oxygen atoms in total. The molecule has 1 aliphatic carbocycles. The molecule has 0 heterocycles. The lowest BCUT2D eigenvalue weighted by Crippen LogP contribution is -2.25. The monoisotopic (exact) mass is 459 g/mol. The summed E-state index contributed by atoms with van der Waals surface area (Å²) in [6.45, 7) is 4.44. The molecular formula is C31H41NO2. The Morgan fingerprint density at radius 3 is 2.15 bits per heavy atom. The molecule has 2 aromatic rings. The van der Waals surface area contributed by atoms with Crippen LogP contribution in [0.3, 0.4) is 0 Å². The van der Waals surface area contributed by atoms with E-state index in [0.717, 1.165) is 50.5 Å². The van der Waals surface area contributed by atoms with Crippen LogP contribution in [0.25, 0.3) is 0 Å². The second-order valence-electron chi connectivity index (χ2n) is 9.92. The molecule has 3 rings (SSSR count). The molecular weight excluding hydrogens is 418 g/mol. The zero-order valence-electron chi connectivity index (χ0n) is 21.2. The van der Waals surface area contributed by atoms with Gasteiger partial charge in [-0.1, -0.05) is 76.3 Å². The highest BCUT2D eigenvalue weighted by atomic mass is 16.5. The number of aryl methyl sites for hydroxylation is 2. The van der Waals surface area contributed by atoms with E-state index in [1.54, 1.807) is 6.07 Å². The molecule has 0 radical (unpaired) electrons. The molecule has 0 aliphatic heterocycles. The molecule has 0 unspecified atom stereocenters. The number of esters is 1. The fraction of sp³-hybridized carbons (Fsp3) is 0.548. The van der Waals surface area contributed by atoms with Gasteiger partial charge in [0.1, 0.15) is 11.8 Å². The minimum atomic E-state index is -0.183. The highest BCUT2D eigenvalue weighted by molar-refractivity contribution is 5.76. The first-order valence-corrected chi connectivity index (χ1v) is 13.5. The van der Waals surface area contributed by atoms with E-state index >= 15 is 0 Å². The summed E-state index contributed by atoms with van der Waals surface area (Å²) in [4.78, 5) is 12.8. The Kier molecular flexibility index (Phi) is 10.7. The molecule has 1 saturated carbocycles. The summed E-state index contributed by atoms with van der Waals surface area (Å²) in [7, 11) is 0. The number of carbonyl (C=O) groups is 1. The van der Waals surface area contributed by atoms with E-state index in [9.17, 15) is 10.1 Å². The predicted octanol–water partition coefficient (Wildman–Crippen LogP) is 8.29. The molecule has 2 aromatic carbocycles. The Bertz CT molecular complexity index is 933. The molecule has 182 valence electrons. The predicted molar refractivity (Wildman–Crippen MR) is 139 cm³/mol. The minimum absolute atomic E-state index is 0.0789. The number of nitriles is 1. The largest absolute Gasteiger partial charge is 0.425 e. The third kappa shape index (κ3) is 7.73. The molecule has 0 saturated heterocycles. The van der Waals surface area contributed by atoms with Crippen molar-refractivity contribution in [3.05, 3.63) is 64.7 Å². The Morgan fingerprint density at radius 1 is 0.853 bits per heavy atom. The summed E-state index contributed by atoms with van der Waals surface area (Å²) in [5.41, 5.74) is 4.43. The highest BCUT2D eigenvalue weighted by Crippen LogP contribution is 2.37. The van der Waals surface area contributed by atoms with E-state index in [2.05, 4.69) is 44.2 Å². The van der Waals surface area contributed by atoms with Crippen LogP contribution in [-0.4, -0.2) is 5.97 Å². The van der Waals surface area contributed by atoms with Crippen LogP contribution in [0.5, 0.6) is 5.75 Å². The molecule has 1 aliphatic rings. The van der Waals surface area contributed by atoms with Crippen LogP contribution in [0, 0.1) is 17.2 Å². The minimum Gasteiger partial charge on any atom is -0.425 e. The van der Waals surface area contributed by atoms with Gasteiger partial charge in [0.2, 0.25) is 0 Å². The first kappa shape index (κ1) is 26.0. The van der Waals surface area contributed by atoms with Gasteiger partial charge in [-0.2, -0.15) is 5.26 Å². The number of rotatable bonds is 12. The number of carbonyl (C=O) groups excluding carboxylic acids is 1. The summed E-state index contributed by atoms with van der Waals surface area (Å²) in [5.74, 6) is 0.669. The van der Waals surface area contributed by atoms with Crippen LogP contribution >= 0.6 is 0 Å². The van der Waals surface area contributed by atoms with Gasteiger partial charge in [-0.3, -0.25) is 4.79 Å². The summed E-state index contributed by atoms with van der Waals surface area (Å²) in [6, 6.07) is 17.0. The summed E-state index contributed by atoms with van der Waals surface area (Å²) in [5, 5.41) is 9.58. The fourth-order valence-corrected chi connectivity index (χ4v) is 5.05.